The first-order valence-corrected chi connectivity index (χ1v) is 5.87. The van der Waals surface area contributed by atoms with Crippen molar-refractivity contribution < 1.29 is 8.63 Å². The largest absolute Gasteiger partial charge is 0.448 e. The zero-order chi connectivity index (χ0) is 10.1. The summed E-state index contributed by atoms with van der Waals surface area (Å²) >= 11 is 0. The van der Waals surface area contributed by atoms with E-state index in [1.807, 2.05) is 20.8 Å². The van der Waals surface area contributed by atoms with Gasteiger partial charge in [0.1, 0.15) is 6.26 Å². The van der Waals surface area contributed by atoms with Crippen LogP contribution in [0, 0.1) is 0 Å². The van der Waals surface area contributed by atoms with Gasteiger partial charge in [-0.1, -0.05) is 20.8 Å². The van der Waals surface area contributed by atoms with Gasteiger partial charge in [0, 0.05) is 22.5 Å². The Labute approximate surface area is 81.0 Å². The molecule has 1 heterocycles. The Morgan fingerprint density at radius 1 is 1.54 bits per heavy atom. The summed E-state index contributed by atoms with van der Waals surface area (Å²) in [4.78, 5) is 4.26. The summed E-state index contributed by atoms with van der Waals surface area (Å²) < 4.78 is 16.2. The molecule has 74 valence electrons. The number of nitrogens with zero attached hydrogens (tertiary/aromatic N) is 1. The van der Waals surface area contributed by atoms with E-state index in [0.29, 0.717) is 11.6 Å². The Morgan fingerprint density at radius 2 is 2.15 bits per heavy atom. The van der Waals surface area contributed by atoms with E-state index in [4.69, 9.17) is 4.42 Å². The minimum absolute atomic E-state index is 0.0759. The maximum absolute atomic E-state index is 10.9. The summed E-state index contributed by atoms with van der Waals surface area (Å²) in [6, 6.07) is 0. The zero-order valence-corrected chi connectivity index (χ0v) is 9.27. The molecule has 0 aliphatic heterocycles. The van der Waals surface area contributed by atoms with Gasteiger partial charge < -0.3 is 4.42 Å². The van der Waals surface area contributed by atoms with Gasteiger partial charge in [-0.15, -0.1) is 0 Å². The molecule has 1 atom stereocenters. The lowest BCUT2D eigenvalue weighted by Gasteiger charge is -2.11. The third kappa shape index (κ3) is 2.95. The first-order valence-electron chi connectivity index (χ1n) is 4.14. The predicted octanol–water partition coefficient (Wildman–Crippen LogP) is 1.85. The van der Waals surface area contributed by atoms with Crippen LogP contribution in [-0.4, -0.2) is 15.4 Å². The predicted molar refractivity (Wildman–Crippen MR) is 53.0 cm³/mol. The average molecular weight is 201 g/mol. The molecule has 1 aromatic rings. The molecule has 0 amide bonds. The number of hydrogen-bond donors (Lipinski definition) is 0. The molecule has 0 aliphatic rings. The van der Waals surface area contributed by atoms with Crippen molar-refractivity contribution in [3.63, 3.8) is 0 Å². The first kappa shape index (κ1) is 10.4. The van der Waals surface area contributed by atoms with Crippen LogP contribution in [0.5, 0.6) is 0 Å². The van der Waals surface area contributed by atoms with Crippen molar-refractivity contribution in [1.29, 1.82) is 0 Å². The van der Waals surface area contributed by atoms with Gasteiger partial charge in [-0.25, -0.2) is 4.98 Å². The molecule has 1 rings (SSSR count). The molecule has 0 saturated carbocycles. The Hall–Kier alpha value is -0.640. The maximum atomic E-state index is 10.9. The summed E-state index contributed by atoms with van der Waals surface area (Å²) in [6.45, 7) is 6.10. The second-order valence-corrected chi connectivity index (χ2v) is 5.55. The maximum Gasteiger partial charge on any atom is 0.199 e. The van der Waals surface area contributed by atoms with E-state index in [-0.39, 0.29) is 5.41 Å². The van der Waals surface area contributed by atoms with Gasteiger partial charge >= 0.3 is 0 Å². The van der Waals surface area contributed by atoms with E-state index in [9.17, 15) is 4.21 Å². The standard InChI is InChI=1S/C9H15NO2S/c1-9(2,3)8-10-7(5-12-8)6-13(4)11/h5H,6H2,1-4H3. The minimum atomic E-state index is -0.852. The van der Waals surface area contributed by atoms with Crippen molar-refractivity contribution in [2.24, 2.45) is 0 Å². The number of rotatable bonds is 2. The van der Waals surface area contributed by atoms with Gasteiger partial charge in [-0.05, 0) is 0 Å². The van der Waals surface area contributed by atoms with Gasteiger partial charge in [0.05, 0.1) is 11.4 Å². The summed E-state index contributed by atoms with van der Waals surface area (Å²) in [7, 11) is -0.852. The highest BCUT2D eigenvalue weighted by Crippen LogP contribution is 2.21. The Bertz CT molecular complexity index is 312. The quantitative estimate of drug-likeness (QED) is 0.733. The van der Waals surface area contributed by atoms with Crippen LogP contribution in [0.4, 0.5) is 0 Å². The fourth-order valence-corrected chi connectivity index (χ4v) is 1.48. The Kier molecular flexibility index (Phi) is 2.91. The van der Waals surface area contributed by atoms with Crippen molar-refractivity contribution in [2.45, 2.75) is 31.9 Å². The highest BCUT2D eigenvalue weighted by molar-refractivity contribution is 7.83. The minimum Gasteiger partial charge on any atom is -0.448 e. The Morgan fingerprint density at radius 3 is 2.54 bits per heavy atom. The van der Waals surface area contributed by atoms with Gasteiger partial charge in [-0.3, -0.25) is 4.21 Å². The van der Waals surface area contributed by atoms with Crippen LogP contribution in [-0.2, 0) is 22.0 Å². The topological polar surface area (TPSA) is 43.1 Å². The van der Waals surface area contributed by atoms with E-state index in [2.05, 4.69) is 4.98 Å². The zero-order valence-electron chi connectivity index (χ0n) is 8.46. The van der Waals surface area contributed by atoms with Crippen molar-refractivity contribution in [1.82, 2.24) is 4.98 Å². The molecular formula is C9H15NO2S. The lowest BCUT2D eigenvalue weighted by Crippen LogP contribution is -2.11. The number of aromatic nitrogens is 1. The molecule has 13 heavy (non-hydrogen) atoms. The van der Waals surface area contributed by atoms with Crippen molar-refractivity contribution in [3.8, 4) is 0 Å². The van der Waals surface area contributed by atoms with Gasteiger partial charge in [0.2, 0.25) is 0 Å². The molecule has 1 unspecified atom stereocenters. The van der Waals surface area contributed by atoms with E-state index in [1.165, 1.54) is 0 Å². The van der Waals surface area contributed by atoms with Crippen LogP contribution in [0.15, 0.2) is 10.7 Å². The van der Waals surface area contributed by atoms with Crippen LogP contribution in [0.1, 0.15) is 32.4 Å². The van der Waals surface area contributed by atoms with E-state index in [1.54, 1.807) is 12.5 Å². The van der Waals surface area contributed by atoms with Crippen LogP contribution >= 0.6 is 0 Å². The lowest BCUT2D eigenvalue weighted by atomic mass is 9.97. The molecule has 1 aromatic heterocycles. The third-order valence-corrected chi connectivity index (χ3v) is 2.25. The van der Waals surface area contributed by atoms with Crippen molar-refractivity contribution in [2.75, 3.05) is 6.26 Å². The summed E-state index contributed by atoms with van der Waals surface area (Å²) in [5.74, 6) is 1.17. The van der Waals surface area contributed by atoms with Crippen LogP contribution in [0.25, 0.3) is 0 Å². The second kappa shape index (κ2) is 3.62. The molecule has 0 N–H and O–H groups in total. The fraction of sp³-hybridized carbons (Fsp3) is 0.667. The number of oxazole rings is 1. The molecule has 3 nitrogen and oxygen atoms in total. The molecule has 0 fully saturated rings. The van der Waals surface area contributed by atoms with Gasteiger partial charge in [0.15, 0.2) is 5.89 Å². The molecule has 0 aliphatic carbocycles. The summed E-state index contributed by atoms with van der Waals surface area (Å²) in [6.07, 6.45) is 3.24. The van der Waals surface area contributed by atoms with E-state index < -0.39 is 10.8 Å². The average Bonchev–Trinajstić information content (AvgIpc) is 2.32. The van der Waals surface area contributed by atoms with E-state index >= 15 is 0 Å². The van der Waals surface area contributed by atoms with Gasteiger partial charge in [-0.2, -0.15) is 0 Å². The monoisotopic (exact) mass is 201 g/mol. The normalized spacial score (nSPS) is 14.5. The second-order valence-electron chi connectivity index (χ2n) is 4.11. The highest BCUT2D eigenvalue weighted by atomic mass is 32.2. The smallest absolute Gasteiger partial charge is 0.199 e. The molecule has 0 bridgehead atoms. The first-order chi connectivity index (χ1) is 5.89. The summed E-state index contributed by atoms with van der Waals surface area (Å²) in [5, 5.41) is 0. The molecule has 0 aromatic carbocycles. The van der Waals surface area contributed by atoms with Crippen molar-refractivity contribution >= 4 is 10.8 Å². The fourth-order valence-electron chi connectivity index (χ4n) is 0.926. The van der Waals surface area contributed by atoms with Crippen LogP contribution < -0.4 is 0 Å². The summed E-state index contributed by atoms with van der Waals surface area (Å²) in [5.41, 5.74) is 0.693. The highest BCUT2D eigenvalue weighted by Gasteiger charge is 2.20. The lowest BCUT2D eigenvalue weighted by molar-refractivity contribution is 0.392. The molecule has 0 saturated heterocycles. The molecule has 0 spiro atoms. The van der Waals surface area contributed by atoms with Crippen LogP contribution in [0.2, 0.25) is 0 Å². The van der Waals surface area contributed by atoms with E-state index in [0.717, 1.165) is 5.69 Å². The molecule has 4 heteroatoms. The van der Waals surface area contributed by atoms with Crippen LogP contribution in [0.3, 0.4) is 0 Å². The number of hydrogen-bond acceptors (Lipinski definition) is 3. The molecular weight excluding hydrogens is 186 g/mol. The Balaban J connectivity index is 2.81. The SMILES string of the molecule is CS(=O)Cc1coc(C(C)(C)C)n1. The third-order valence-electron chi connectivity index (χ3n) is 1.54. The van der Waals surface area contributed by atoms with Crippen molar-refractivity contribution in [3.05, 3.63) is 17.8 Å². The molecule has 0 radical (unpaired) electrons. The van der Waals surface area contributed by atoms with Gasteiger partial charge in [0.25, 0.3) is 0 Å².